The molecule has 3 heterocycles. The van der Waals surface area contributed by atoms with E-state index >= 15 is 0 Å². The zero-order valence-electron chi connectivity index (χ0n) is 13.7. The second kappa shape index (κ2) is 5.78. The Kier molecular flexibility index (Phi) is 3.62. The highest BCUT2D eigenvalue weighted by atomic mass is 15.3. The van der Waals surface area contributed by atoms with Crippen molar-refractivity contribution in [3.63, 3.8) is 0 Å². The Labute approximate surface area is 136 Å². The Morgan fingerprint density at radius 2 is 2.13 bits per heavy atom. The van der Waals surface area contributed by atoms with Crippen LogP contribution in [0.1, 0.15) is 35.6 Å². The molecule has 0 radical (unpaired) electrons. The molecular formula is C19H22N4. The quantitative estimate of drug-likeness (QED) is 0.788. The Morgan fingerprint density at radius 1 is 1.22 bits per heavy atom. The van der Waals surface area contributed by atoms with Gasteiger partial charge in [-0.15, -0.1) is 0 Å². The van der Waals surface area contributed by atoms with Gasteiger partial charge in [0.05, 0.1) is 11.4 Å². The lowest BCUT2D eigenvalue weighted by Gasteiger charge is -2.23. The van der Waals surface area contributed by atoms with E-state index in [1.54, 1.807) is 0 Å². The van der Waals surface area contributed by atoms with Gasteiger partial charge in [-0.1, -0.05) is 23.8 Å². The first kappa shape index (κ1) is 14.4. The summed E-state index contributed by atoms with van der Waals surface area (Å²) in [7, 11) is 0. The largest absolute Gasteiger partial charge is 0.316 e. The maximum atomic E-state index is 4.93. The number of benzene rings is 1. The number of rotatable bonds is 2. The van der Waals surface area contributed by atoms with Gasteiger partial charge < -0.3 is 5.32 Å². The average molecular weight is 306 g/mol. The third kappa shape index (κ3) is 2.53. The lowest BCUT2D eigenvalue weighted by molar-refractivity contribution is 0.448. The summed E-state index contributed by atoms with van der Waals surface area (Å²) in [5.41, 5.74) is 6.86. The topological polar surface area (TPSA) is 42.2 Å². The fraction of sp³-hybridized carbons (Fsp3) is 0.368. The molecular weight excluding hydrogens is 284 g/mol. The van der Waals surface area contributed by atoms with Gasteiger partial charge in [0, 0.05) is 29.8 Å². The number of nitrogens with zero attached hydrogens (tertiary/aromatic N) is 3. The second-order valence-corrected chi connectivity index (χ2v) is 6.49. The van der Waals surface area contributed by atoms with Crippen LogP contribution in [-0.2, 0) is 0 Å². The Morgan fingerprint density at radius 3 is 2.91 bits per heavy atom. The molecule has 1 aliphatic rings. The highest BCUT2D eigenvalue weighted by Gasteiger charge is 2.21. The normalized spacial score (nSPS) is 18.4. The van der Waals surface area contributed by atoms with Crippen LogP contribution < -0.4 is 5.32 Å². The van der Waals surface area contributed by atoms with Crippen LogP contribution in [0.5, 0.6) is 0 Å². The molecule has 118 valence electrons. The molecule has 1 N–H and O–H groups in total. The van der Waals surface area contributed by atoms with Crippen molar-refractivity contribution in [2.45, 2.75) is 32.6 Å². The Hall–Kier alpha value is -2.20. The minimum atomic E-state index is 0.513. The first-order chi connectivity index (χ1) is 11.2. The van der Waals surface area contributed by atoms with Gasteiger partial charge in [0.25, 0.3) is 0 Å². The maximum absolute atomic E-state index is 4.93. The van der Waals surface area contributed by atoms with Crippen LogP contribution in [0.2, 0.25) is 0 Å². The van der Waals surface area contributed by atoms with Gasteiger partial charge in [0.1, 0.15) is 0 Å². The summed E-state index contributed by atoms with van der Waals surface area (Å²) >= 11 is 0. The first-order valence-electron chi connectivity index (χ1n) is 8.36. The monoisotopic (exact) mass is 306 g/mol. The SMILES string of the molecule is Cc1cccc(-c2nn3c(C4CCCNC4)ccnc3c2C)c1. The van der Waals surface area contributed by atoms with E-state index in [1.807, 2.05) is 6.20 Å². The van der Waals surface area contributed by atoms with Crippen LogP contribution in [0.15, 0.2) is 36.5 Å². The summed E-state index contributed by atoms with van der Waals surface area (Å²) in [6.07, 6.45) is 4.36. The third-order valence-electron chi connectivity index (χ3n) is 4.78. The lowest BCUT2D eigenvalue weighted by atomic mass is 9.96. The summed E-state index contributed by atoms with van der Waals surface area (Å²) in [6.45, 7) is 6.39. The zero-order chi connectivity index (χ0) is 15.8. The maximum Gasteiger partial charge on any atom is 0.158 e. The molecule has 3 aromatic rings. The van der Waals surface area contributed by atoms with Crippen molar-refractivity contribution in [2.24, 2.45) is 0 Å². The zero-order valence-corrected chi connectivity index (χ0v) is 13.7. The van der Waals surface area contributed by atoms with Crippen LogP contribution in [0.4, 0.5) is 0 Å². The van der Waals surface area contributed by atoms with Gasteiger partial charge in [-0.25, -0.2) is 9.50 Å². The predicted octanol–water partition coefficient (Wildman–Crippen LogP) is 3.48. The molecule has 1 aromatic carbocycles. The number of aromatic nitrogens is 3. The van der Waals surface area contributed by atoms with Crippen LogP contribution in [0, 0.1) is 13.8 Å². The van der Waals surface area contributed by atoms with Crippen LogP contribution in [0.3, 0.4) is 0 Å². The molecule has 4 nitrogen and oxygen atoms in total. The van der Waals surface area contributed by atoms with Gasteiger partial charge in [0.15, 0.2) is 5.65 Å². The molecule has 2 aromatic heterocycles. The van der Waals surface area contributed by atoms with E-state index in [1.165, 1.54) is 29.7 Å². The van der Waals surface area contributed by atoms with Gasteiger partial charge in [-0.3, -0.25) is 0 Å². The van der Waals surface area contributed by atoms with Crippen LogP contribution in [-0.4, -0.2) is 27.7 Å². The van der Waals surface area contributed by atoms with E-state index in [9.17, 15) is 0 Å². The number of hydrogen-bond acceptors (Lipinski definition) is 3. The van der Waals surface area contributed by atoms with Gasteiger partial charge in [0.2, 0.25) is 0 Å². The summed E-state index contributed by atoms with van der Waals surface area (Å²) in [4.78, 5) is 4.58. The summed E-state index contributed by atoms with van der Waals surface area (Å²) in [5.74, 6) is 0.513. The third-order valence-corrected chi connectivity index (χ3v) is 4.78. The molecule has 0 spiro atoms. The van der Waals surface area contributed by atoms with E-state index in [0.29, 0.717) is 5.92 Å². The van der Waals surface area contributed by atoms with E-state index in [0.717, 1.165) is 30.0 Å². The van der Waals surface area contributed by atoms with Crippen LogP contribution in [0.25, 0.3) is 16.9 Å². The van der Waals surface area contributed by atoms with Crippen molar-refractivity contribution in [3.8, 4) is 11.3 Å². The highest BCUT2D eigenvalue weighted by molar-refractivity contribution is 5.70. The van der Waals surface area contributed by atoms with E-state index in [4.69, 9.17) is 5.10 Å². The molecule has 0 amide bonds. The lowest BCUT2D eigenvalue weighted by Crippen LogP contribution is -2.29. The Bertz CT molecular complexity index is 844. The van der Waals surface area contributed by atoms with Gasteiger partial charge >= 0.3 is 0 Å². The van der Waals surface area contributed by atoms with Crippen molar-refractivity contribution in [2.75, 3.05) is 13.1 Å². The van der Waals surface area contributed by atoms with Gasteiger partial charge in [-0.05, 0) is 45.4 Å². The Balaban J connectivity index is 1.87. The smallest absolute Gasteiger partial charge is 0.158 e. The summed E-state index contributed by atoms with van der Waals surface area (Å²) in [5, 5.41) is 8.42. The number of nitrogens with one attached hydrogen (secondary N) is 1. The number of piperidine rings is 1. The van der Waals surface area contributed by atoms with E-state index in [2.05, 4.69) is 59.0 Å². The number of fused-ring (bicyclic) bond motifs is 1. The molecule has 4 rings (SSSR count). The number of hydrogen-bond donors (Lipinski definition) is 1. The molecule has 1 atom stereocenters. The molecule has 0 saturated carbocycles. The second-order valence-electron chi connectivity index (χ2n) is 6.49. The average Bonchev–Trinajstić information content (AvgIpc) is 2.93. The minimum absolute atomic E-state index is 0.513. The minimum Gasteiger partial charge on any atom is -0.316 e. The molecule has 1 saturated heterocycles. The molecule has 0 bridgehead atoms. The fourth-order valence-corrected chi connectivity index (χ4v) is 3.55. The molecule has 1 unspecified atom stereocenters. The summed E-state index contributed by atoms with van der Waals surface area (Å²) < 4.78 is 2.06. The molecule has 1 fully saturated rings. The van der Waals surface area contributed by atoms with Crippen molar-refractivity contribution < 1.29 is 0 Å². The van der Waals surface area contributed by atoms with E-state index in [-0.39, 0.29) is 0 Å². The molecule has 23 heavy (non-hydrogen) atoms. The standard InChI is InChI=1S/C19H22N4/c1-13-5-3-6-15(11-13)18-14(2)19-21-10-8-17(23(19)22-18)16-7-4-9-20-12-16/h3,5-6,8,10-11,16,20H,4,7,9,12H2,1-2H3. The molecule has 1 aliphatic heterocycles. The van der Waals surface area contributed by atoms with Gasteiger partial charge in [-0.2, -0.15) is 5.10 Å². The predicted molar refractivity (Wildman–Crippen MR) is 92.7 cm³/mol. The first-order valence-corrected chi connectivity index (χ1v) is 8.36. The number of aryl methyl sites for hydroxylation is 2. The van der Waals surface area contributed by atoms with Crippen molar-refractivity contribution >= 4 is 5.65 Å². The molecule has 4 heteroatoms. The summed E-state index contributed by atoms with van der Waals surface area (Å²) in [6, 6.07) is 10.6. The van der Waals surface area contributed by atoms with Crippen molar-refractivity contribution in [1.82, 2.24) is 19.9 Å². The molecule has 0 aliphatic carbocycles. The van der Waals surface area contributed by atoms with E-state index < -0.39 is 0 Å². The van der Waals surface area contributed by atoms with Crippen molar-refractivity contribution in [3.05, 3.63) is 53.3 Å². The highest BCUT2D eigenvalue weighted by Crippen LogP contribution is 2.29. The van der Waals surface area contributed by atoms with Crippen LogP contribution >= 0.6 is 0 Å². The fourth-order valence-electron chi connectivity index (χ4n) is 3.55. The van der Waals surface area contributed by atoms with Crippen molar-refractivity contribution in [1.29, 1.82) is 0 Å².